The summed E-state index contributed by atoms with van der Waals surface area (Å²) in [6, 6.07) is 9.63. The minimum atomic E-state index is -0.501. The van der Waals surface area contributed by atoms with Crippen LogP contribution in [0.25, 0.3) is 22.2 Å². The molecule has 0 atom stereocenters. The zero-order valence-corrected chi connectivity index (χ0v) is 19.3. The maximum atomic E-state index is 12.4. The molecule has 0 fully saturated rings. The van der Waals surface area contributed by atoms with Crippen LogP contribution in [0.1, 0.15) is 31.9 Å². The van der Waals surface area contributed by atoms with Crippen molar-refractivity contribution < 1.29 is 9.15 Å². The number of aromatic nitrogens is 4. The van der Waals surface area contributed by atoms with Crippen molar-refractivity contribution in [1.29, 1.82) is 0 Å². The summed E-state index contributed by atoms with van der Waals surface area (Å²) in [4.78, 5) is 21.3. The van der Waals surface area contributed by atoms with E-state index in [-0.39, 0.29) is 5.69 Å². The molecule has 3 aromatic heterocycles. The molecular formula is C24H28N6O3. The first-order chi connectivity index (χ1) is 16.0. The van der Waals surface area contributed by atoms with Crippen molar-refractivity contribution in [2.24, 2.45) is 7.05 Å². The van der Waals surface area contributed by atoms with Crippen molar-refractivity contribution in [3.8, 4) is 11.3 Å². The van der Waals surface area contributed by atoms with E-state index in [1.807, 2.05) is 29.9 Å². The number of benzene rings is 1. The van der Waals surface area contributed by atoms with E-state index in [9.17, 15) is 4.79 Å². The number of aryl methyl sites for hydroxylation is 1. The molecule has 4 aromatic rings. The Hall–Kier alpha value is -3.72. The number of rotatable bonds is 9. The average Bonchev–Trinajstić information content (AvgIpc) is 3.14. The second-order valence-electron chi connectivity index (χ2n) is 8.06. The van der Waals surface area contributed by atoms with Crippen molar-refractivity contribution in [3.63, 3.8) is 0 Å². The van der Waals surface area contributed by atoms with Gasteiger partial charge in [-0.2, -0.15) is 5.10 Å². The molecule has 0 unspecified atom stereocenters. The molecule has 1 aromatic carbocycles. The Balaban J connectivity index is 1.63. The van der Waals surface area contributed by atoms with Gasteiger partial charge in [-0.3, -0.25) is 4.68 Å². The van der Waals surface area contributed by atoms with Gasteiger partial charge in [0.15, 0.2) is 5.69 Å². The highest BCUT2D eigenvalue weighted by atomic mass is 16.5. The van der Waals surface area contributed by atoms with Gasteiger partial charge in [0.1, 0.15) is 0 Å². The van der Waals surface area contributed by atoms with Gasteiger partial charge in [0.05, 0.1) is 23.2 Å². The highest BCUT2D eigenvalue weighted by Crippen LogP contribution is 2.29. The zero-order chi connectivity index (χ0) is 23.4. The third-order valence-electron chi connectivity index (χ3n) is 5.34. The summed E-state index contributed by atoms with van der Waals surface area (Å²) < 4.78 is 12.1. The minimum absolute atomic E-state index is 0.261. The van der Waals surface area contributed by atoms with Crippen molar-refractivity contribution in [2.75, 3.05) is 30.9 Å². The first-order valence-electron chi connectivity index (χ1n) is 10.9. The number of methoxy groups -OCH3 is 1. The zero-order valence-electron chi connectivity index (χ0n) is 19.3. The maximum absolute atomic E-state index is 12.4. The Kier molecular flexibility index (Phi) is 6.69. The third-order valence-corrected chi connectivity index (χ3v) is 5.34. The molecule has 172 valence electrons. The lowest BCUT2D eigenvalue weighted by atomic mass is 10.0. The van der Waals surface area contributed by atoms with Crippen LogP contribution in [0, 0.1) is 0 Å². The molecule has 3 heterocycles. The van der Waals surface area contributed by atoms with Crippen LogP contribution in [0.3, 0.4) is 0 Å². The average molecular weight is 449 g/mol. The number of anilines is 3. The van der Waals surface area contributed by atoms with Gasteiger partial charge in [-0.15, -0.1) is 0 Å². The summed E-state index contributed by atoms with van der Waals surface area (Å²) in [6.45, 7) is 5.59. The van der Waals surface area contributed by atoms with Crippen LogP contribution in [0.5, 0.6) is 0 Å². The predicted molar refractivity (Wildman–Crippen MR) is 129 cm³/mol. The molecule has 0 aliphatic rings. The van der Waals surface area contributed by atoms with Crippen LogP contribution >= 0.6 is 0 Å². The van der Waals surface area contributed by atoms with Gasteiger partial charge in [-0.25, -0.2) is 14.8 Å². The number of hydrogen-bond donors (Lipinski definition) is 2. The molecule has 0 saturated carbocycles. The molecule has 0 amide bonds. The Morgan fingerprint density at radius 3 is 2.85 bits per heavy atom. The van der Waals surface area contributed by atoms with E-state index in [2.05, 4.69) is 45.6 Å². The van der Waals surface area contributed by atoms with Gasteiger partial charge in [0, 0.05) is 50.1 Å². The fourth-order valence-corrected chi connectivity index (χ4v) is 3.88. The molecule has 9 nitrogen and oxygen atoms in total. The summed E-state index contributed by atoms with van der Waals surface area (Å²) in [7, 11) is 3.62. The number of hydrogen-bond acceptors (Lipinski definition) is 8. The fraction of sp³-hybridized carbons (Fsp3) is 0.333. The van der Waals surface area contributed by atoms with Crippen molar-refractivity contribution >= 4 is 28.2 Å². The monoisotopic (exact) mass is 448 g/mol. The van der Waals surface area contributed by atoms with E-state index in [4.69, 9.17) is 9.15 Å². The quantitative estimate of drug-likeness (QED) is 0.365. The Bertz CT molecular complexity index is 1310. The largest absolute Gasteiger partial charge is 0.430 e. The van der Waals surface area contributed by atoms with Gasteiger partial charge < -0.3 is 19.8 Å². The normalized spacial score (nSPS) is 11.3. The van der Waals surface area contributed by atoms with Crippen LogP contribution in [0.4, 0.5) is 17.3 Å². The number of nitrogens with zero attached hydrogens (tertiary/aromatic N) is 4. The second-order valence-corrected chi connectivity index (χ2v) is 8.06. The standard InChI is InChI=1S/C24H28N6O3/c1-15(2)22-17-14-16(6-7-19(17)29-30(22)3)18-8-11-26-24(27-18)28-21-20(9-13-33-23(21)31)25-10-5-12-32-4/h6-9,11,13-15,25H,5,10,12H2,1-4H3,(H,26,27,28). The highest BCUT2D eigenvalue weighted by Gasteiger charge is 2.15. The summed E-state index contributed by atoms with van der Waals surface area (Å²) in [5.41, 5.74) is 4.18. The van der Waals surface area contributed by atoms with E-state index in [0.29, 0.717) is 30.7 Å². The Labute approximate surface area is 191 Å². The molecule has 4 rings (SSSR count). The lowest BCUT2D eigenvalue weighted by Crippen LogP contribution is -2.14. The molecule has 0 saturated heterocycles. The van der Waals surface area contributed by atoms with Crippen LogP contribution in [0.15, 0.2) is 52.0 Å². The number of fused-ring (bicyclic) bond motifs is 1. The summed E-state index contributed by atoms with van der Waals surface area (Å²) >= 11 is 0. The van der Waals surface area contributed by atoms with E-state index < -0.39 is 5.63 Å². The lowest BCUT2D eigenvalue weighted by Gasteiger charge is -2.12. The lowest BCUT2D eigenvalue weighted by molar-refractivity contribution is 0.198. The third kappa shape index (κ3) is 4.88. The second kappa shape index (κ2) is 9.83. The topological polar surface area (TPSA) is 107 Å². The van der Waals surface area contributed by atoms with Crippen LogP contribution < -0.4 is 16.3 Å². The molecule has 9 heteroatoms. The molecule has 0 bridgehead atoms. The Morgan fingerprint density at radius 1 is 1.21 bits per heavy atom. The summed E-state index contributed by atoms with van der Waals surface area (Å²) in [6.07, 6.45) is 3.83. The van der Waals surface area contributed by atoms with Gasteiger partial charge in [0.25, 0.3) is 0 Å². The van der Waals surface area contributed by atoms with E-state index >= 15 is 0 Å². The van der Waals surface area contributed by atoms with Gasteiger partial charge >= 0.3 is 5.63 Å². The molecule has 0 aliphatic heterocycles. The molecule has 0 aliphatic carbocycles. The van der Waals surface area contributed by atoms with E-state index in [1.54, 1.807) is 19.4 Å². The van der Waals surface area contributed by atoms with Crippen molar-refractivity contribution in [1.82, 2.24) is 19.7 Å². The highest BCUT2D eigenvalue weighted by molar-refractivity contribution is 5.86. The molecule has 0 radical (unpaired) electrons. The summed E-state index contributed by atoms with van der Waals surface area (Å²) in [5, 5.41) is 12.0. The predicted octanol–water partition coefficient (Wildman–Crippen LogP) is 4.30. The molecule has 33 heavy (non-hydrogen) atoms. The molecular weight excluding hydrogens is 420 g/mol. The molecule has 2 N–H and O–H groups in total. The molecule has 0 spiro atoms. The SMILES string of the molecule is COCCCNc1ccoc(=O)c1Nc1nccc(-c2ccc3nn(C)c(C(C)C)c3c2)n1. The van der Waals surface area contributed by atoms with Crippen LogP contribution in [-0.2, 0) is 11.8 Å². The van der Waals surface area contributed by atoms with Gasteiger partial charge in [-0.1, -0.05) is 19.9 Å². The maximum Gasteiger partial charge on any atom is 0.361 e. The minimum Gasteiger partial charge on any atom is -0.430 e. The fourth-order valence-electron chi connectivity index (χ4n) is 3.88. The number of nitrogens with one attached hydrogen (secondary N) is 2. The smallest absolute Gasteiger partial charge is 0.361 e. The Morgan fingerprint density at radius 2 is 2.06 bits per heavy atom. The summed E-state index contributed by atoms with van der Waals surface area (Å²) in [5.74, 6) is 0.645. The first-order valence-corrected chi connectivity index (χ1v) is 10.9. The van der Waals surface area contributed by atoms with E-state index in [1.165, 1.54) is 12.0 Å². The van der Waals surface area contributed by atoms with Crippen molar-refractivity contribution in [3.05, 3.63) is 58.9 Å². The van der Waals surface area contributed by atoms with Crippen molar-refractivity contribution in [2.45, 2.75) is 26.2 Å². The van der Waals surface area contributed by atoms with Crippen LogP contribution in [-0.4, -0.2) is 40.0 Å². The van der Waals surface area contributed by atoms with Gasteiger partial charge in [-0.05, 0) is 36.6 Å². The first kappa shape index (κ1) is 22.5. The van der Waals surface area contributed by atoms with E-state index in [0.717, 1.165) is 28.6 Å². The number of ether oxygens (including phenoxy) is 1. The van der Waals surface area contributed by atoms with Gasteiger partial charge in [0.2, 0.25) is 5.95 Å². The van der Waals surface area contributed by atoms with Crippen LogP contribution in [0.2, 0.25) is 0 Å².